The zero-order valence-electron chi connectivity index (χ0n) is 12.8. The van der Waals surface area contributed by atoms with Crippen LogP contribution in [0.4, 0.5) is 5.69 Å². The number of anilines is 1. The third-order valence-electron chi connectivity index (χ3n) is 4.18. The maximum Gasteiger partial charge on any atom is 0.161 e. The van der Waals surface area contributed by atoms with E-state index in [9.17, 15) is 8.42 Å². The zero-order valence-corrected chi connectivity index (χ0v) is 14.4. The molecular weight excluding hydrogens is 344 g/mol. The van der Waals surface area contributed by atoms with E-state index >= 15 is 0 Å². The predicted octanol–water partition coefficient (Wildman–Crippen LogP) is 3.13. The molecule has 2 aromatic rings. The summed E-state index contributed by atoms with van der Waals surface area (Å²) in [5, 5.41) is 8.54. The Labute approximate surface area is 145 Å². The van der Waals surface area contributed by atoms with Gasteiger partial charge < -0.3 is 9.64 Å². The number of amidine groups is 1. The molecule has 2 aliphatic rings. The van der Waals surface area contributed by atoms with Crippen LogP contribution in [0, 0.1) is 5.41 Å². The van der Waals surface area contributed by atoms with Gasteiger partial charge in [0.25, 0.3) is 0 Å². The van der Waals surface area contributed by atoms with Gasteiger partial charge in [-0.1, -0.05) is 30.0 Å². The quantitative estimate of drug-likeness (QED) is 0.911. The highest BCUT2D eigenvalue weighted by Crippen LogP contribution is 2.40. The summed E-state index contributed by atoms with van der Waals surface area (Å²) in [5.41, 5.74) is 0.831. The second kappa shape index (κ2) is 5.82. The molecule has 2 aromatic carbocycles. The average molecular weight is 360 g/mol. The van der Waals surface area contributed by atoms with Gasteiger partial charge >= 0.3 is 0 Å². The van der Waals surface area contributed by atoms with Gasteiger partial charge in [0.1, 0.15) is 11.5 Å². The first kappa shape index (κ1) is 15.5. The highest BCUT2D eigenvalue weighted by molar-refractivity contribution is 8.15. The maximum atomic E-state index is 11.9. The van der Waals surface area contributed by atoms with Crippen molar-refractivity contribution in [1.82, 2.24) is 0 Å². The Balaban J connectivity index is 1.55. The fourth-order valence-electron chi connectivity index (χ4n) is 3.11. The first-order chi connectivity index (χ1) is 11.5. The molecule has 7 heteroatoms. The van der Waals surface area contributed by atoms with Crippen molar-refractivity contribution in [1.29, 1.82) is 5.41 Å². The number of hydrogen-bond donors (Lipinski definition) is 1. The molecule has 2 fully saturated rings. The van der Waals surface area contributed by atoms with E-state index in [0.29, 0.717) is 10.9 Å². The molecule has 0 unspecified atom stereocenters. The number of benzene rings is 2. The van der Waals surface area contributed by atoms with Crippen molar-refractivity contribution in [2.24, 2.45) is 0 Å². The molecule has 0 spiro atoms. The lowest BCUT2D eigenvalue weighted by Crippen LogP contribution is -2.37. The van der Waals surface area contributed by atoms with E-state index in [1.807, 2.05) is 59.5 Å². The summed E-state index contributed by atoms with van der Waals surface area (Å²) in [6, 6.07) is 16.8. The summed E-state index contributed by atoms with van der Waals surface area (Å²) in [6.45, 7) is 0. The lowest BCUT2D eigenvalue weighted by Gasteiger charge is -2.24. The molecule has 1 N–H and O–H groups in total. The first-order valence-corrected chi connectivity index (χ1v) is 10.3. The Bertz CT molecular complexity index is 866. The van der Waals surface area contributed by atoms with Crippen LogP contribution in [0.15, 0.2) is 54.6 Å². The summed E-state index contributed by atoms with van der Waals surface area (Å²) >= 11 is 1.35. The van der Waals surface area contributed by atoms with Crippen LogP contribution in [0.1, 0.15) is 0 Å². The summed E-state index contributed by atoms with van der Waals surface area (Å²) in [7, 11) is -3.00. The van der Waals surface area contributed by atoms with Crippen molar-refractivity contribution in [3.05, 3.63) is 54.6 Å². The van der Waals surface area contributed by atoms with Crippen molar-refractivity contribution in [3.8, 4) is 11.5 Å². The molecular formula is C17H16N2O3S2. The van der Waals surface area contributed by atoms with Crippen molar-refractivity contribution in [3.63, 3.8) is 0 Å². The Morgan fingerprint density at radius 3 is 2.38 bits per heavy atom. The van der Waals surface area contributed by atoms with Crippen molar-refractivity contribution in [2.75, 3.05) is 16.4 Å². The molecule has 0 aromatic heterocycles. The second-order valence-electron chi connectivity index (χ2n) is 5.88. The highest BCUT2D eigenvalue weighted by atomic mass is 32.2. The van der Waals surface area contributed by atoms with E-state index in [-0.39, 0.29) is 22.8 Å². The number of rotatable bonds is 3. The summed E-state index contributed by atoms with van der Waals surface area (Å²) in [4.78, 5) is 1.83. The average Bonchev–Trinajstić information content (AvgIpc) is 2.99. The van der Waals surface area contributed by atoms with Crippen LogP contribution in [0.25, 0.3) is 0 Å². The van der Waals surface area contributed by atoms with Gasteiger partial charge in [-0.3, -0.25) is 5.41 Å². The molecule has 2 atom stereocenters. The van der Waals surface area contributed by atoms with Crippen molar-refractivity contribution < 1.29 is 13.2 Å². The lowest BCUT2D eigenvalue weighted by molar-refractivity contribution is 0.482. The molecule has 4 rings (SSSR count). The van der Waals surface area contributed by atoms with Gasteiger partial charge in [0, 0.05) is 10.9 Å². The number of para-hydroxylation sites is 1. The standard InChI is InChI=1S/C17H16N2O3S2/c18-17-19(15-10-24(20,21)11-16(15)23-17)12-6-8-14(9-7-12)22-13-4-2-1-3-5-13/h1-9,15-16,18H,10-11H2/t15-,16-/m1/s1. The third-order valence-corrected chi connectivity index (χ3v) is 7.31. The Hall–Kier alpha value is -1.99. The zero-order chi connectivity index (χ0) is 16.7. The number of nitrogens with zero attached hydrogens (tertiary/aromatic N) is 1. The first-order valence-electron chi connectivity index (χ1n) is 7.60. The van der Waals surface area contributed by atoms with Gasteiger partial charge in [-0.15, -0.1) is 0 Å². The van der Waals surface area contributed by atoms with Crippen LogP contribution in [0.3, 0.4) is 0 Å². The molecule has 2 heterocycles. The van der Waals surface area contributed by atoms with Crippen molar-refractivity contribution >= 4 is 32.5 Å². The molecule has 0 amide bonds. The molecule has 0 aliphatic carbocycles. The minimum atomic E-state index is -3.00. The summed E-state index contributed by atoms with van der Waals surface area (Å²) in [5.74, 6) is 1.75. The van der Waals surface area contributed by atoms with Crippen LogP contribution in [0.2, 0.25) is 0 Å². The van der Waals surface area contributed by atoms with E-state index < -0.39 is 9.84 Å². The molecule has 24 heavy (non-hydrogen) atoms. The van der Waals surface area contributed by atoms with Crippen LogP contribution >= 0.6 is 11.8 Å². The minimum absolute atomic E-state index is 0.0391. The summed E-state index contributed by atoms with van der Waals surface area (Å²) < 4.78 is 29.5. The number of hydrogen-bond acceptors (Lipinski definition) is 5. The molecule has 2 saturated heterocycles. The van der Waals surface area contributed by atoms with E-state index in [4.69, 9.17) is 10.1 Å². The Kier molecular flexibility index (Phi) is 3.77. The smallest absolute Gasteiger partial charge is 0.161 e. The highest BCUT2D eigenvalue weighted by Gasteiger charge is 2.48. The third kappa shape index (κ3) is 2.89. The van der Waals surface area contributed by atoms with Gasteiger partial charge in [0.15, 0.2) is 15.0 Å². The minimum Gasteiger partial charge on any atom is -0.457 e. The summed E-state index contributed by atoms with van der Waals surface area (Å²) in [6.07, 6.45) is 0. The predicted molar refractivity (Wildman–Crippen MR) is 97.0 cm³/mol. The number of ether oxygens (including phenoxy) is 1. The van der Waals surface area contributed by atoms with Crippen LogP contribution in [-0.4, -0.2) is 36.4 Å². The fourth-order valence-corrected chi connectivity index (χ4v) is 6.90. The molecule has 0 radical (unpaired) electrons. The van der Waals surface area contributed by atoms with Crippen LogP contribution in [-0.2, 0) is 9.84 Å². The van der Waals surface area contributed by atoms with Gasteiger partial charge in [0.05, 0.1) is 17.5 Å². The number of sulfone groups is 1. The fraction of sp³-hybridized carbons (Fsp3) is 0.235. The molecule has 5 nitrogen and oxygen atoms in total. The van der Waals surface area contributed by atoms with E-state index in [0.717, 1.165) is 11.4 Å². The Morgan fingerprint density at radius 1 is 1.00 bits per heavy atom. The van der Waals surface area contributed by atoms with Crippen LogP contribution < -0.4 is 9.64 Å². The SMILES string of the molecule is N=C1S[C@@H]2CS(=O)(=O)C[C@H]2N1c1ccc(Oc2ccccc2)cc1. The van der Waals surface area contributed by atoms with Crippen LogP contribution in [0.5, 0.6) is 11.5 Å². The second-order valence-corrected chi connectivity index (χ2v) is 9.27. The normalized spacial score (nSPS) is 24.8. The van der Waals surface area contributed by atoms with Gasteiger partial charge in [0.2, 0.25) is 0 Å². The van der Waals surface area contributed by atoms with Gasteiger partial charge in [-0.25, -0.2) is 8.42 Å². The van der Waals surface area contributed by atoms with E-state index in [1.54, 1.807) is 0 Å². The monoisotopic (exact) mass is 360 g/mol. The molecule has 2 aliphatic heterocycles. The number of fused-ring (bicyclic) bond motifs is 1. The van der Waals surface area contributed by atoms with Gasteiger partial charge in [-0.2, -0.15) is 0 Å². The largest absolute Gasteiger partial charge is 0.457 e. The Morgan fingerprint density at radius 2 is 1.67 bits per heavy atom. The van der Waals surface area contributed by atoms with E-state index in [2.05, 4.69) is 0 Å². The van der Waals surface area contributed by atoms with Gasteiger partial charge in [-0.05, 0) is 36.4 Å². The molecule has 0 saturated carbocycles. The van der Waals surface area contributed by atoms with E-state index in [1.165, 1.54) is 11.8 Å². The molecule has 124 valence electrons. The molecule has 0 bridgehead atoms. The lowest BCUT2D eigenvalue weighted by atomic mass is 10.2. The number of nitrogens with one attached hydrogen (secondary N) is 1. The maximum absolute atomic E-state index is 11.9. The van der Waals surface area contributed by atoms with Crippen molar-refractivity contribution in [2.45, 2.75) is 11.3 Å². The number of thioether (sulfide) groups is 1. The topological polar surface area (TPSA) is 70.5 Å².